The van der Waals surface area contributed by atoms with Gasteiger partial charge in [0.1, 0.15) is 5.69 Å². The zero-order valence-corrected chi connectivity index (χ0v) is 13.8. The number of hydrogen-bond donors (Lipinski definition) is 0. The molecule has 21 heavy (non-hydrogen) atoms. The second-order valence-electron chi connectivity index (χ2n) is 5.79. The highest BCUT2D eigenvalue weighted by molar-refractivity contribution is 9.09. The Balaban J connectivity index is 2.24. The van der Waals surface area contributed by atoms with Crippen LogP contribution in [0.25, 0.3) is 0 Å². The first-order chi connectivity index (χ1) is 9.73. The van der Waals surface area contributed by atoms with Gasteiger partial charge in [-0.3, -0.25) is 14.9 Å². The zero-order chi connectivity index (χ0) is 15.8. The highest BCUT2D eigenvalue weighted by Gasteiger charge is 2.36. The summed E-state index contributed by atoms with van der Waals surface area (Å²) >= 11 is 3.38. The summed E-state index contributed by atoms with van der Waals surface area (Å²) in [5, 5.41) is 11.4. The molecule has 1 atom stereocenters. The maximum atomic E-state index is 12.6. The molecule has 1 amide bonds. The molecule has 0 aromatic carbocycles. The Kier molecular flexibility index (Phi) is 4.38. The normalized spacial score (nSPS) is 21.3. The van der Waals surface area contributed by atoms with Crippen molar-refractivity contribution in [2.24, 2.45) is 7.05 Å². The van der Waals surface area contributed by atoms with E-state index in [2.05, 4.69) is 15.9 Å². The smallest absolute Gasteiger partial charge is 0.287 e. The molecule has 2 heterocycles. The Labute approximate surface area is 131 Å². The first-order valence-corrected chi connectivity index (χ1v) is 7.69. The summed E-state index contributed by atoms with van der Waals surface area (Å²) in [6.07, 6.45) is 1.26. The Morgan fingerprint density at radius 3 is 2.81 bits per heavy atom. The maximum Gasteiger partial charge on any atom is 0.287 e. The first kappa shape index (κ1) is 16.0. The van der Waals surface area contributed by atoms with E-state index in [1.54, 1.807) is 11.9 Å². The van der Waals surface area contributed by atoms with Gasteiger partial charge >= 0.3 is 0 Å². The number of halogens is 1. The summed E-state index contributed by atoms with van der Waals surface area (Å²) in [5.41, 5.74) is -0.207. The van der Waals surface area contributed by atoms with Crippen molar-refractivity contribution in [3.8, 4) is 0 Å². The SMILES string of the molecule is Cn1cc([N+](=O)[O-])cc1C(=O)N1CC(CBr)OC(C)(C)C1. The fourth-order valence-corrected chi connectivity index (χ4v) is 2.89. The van der Waals surface area contributed by atoms with E-state index < -0.39 is 10.5 Å². The highest BCUT2D eigenvalue weighted by atomic mass is 79.9. The van der Waals surface area contributed by atoms with E-state index in [4.69, 9.17) is 4.74 Å². The molecule has 2 rings (SSSR count). The molecule has 116 valence electrons. The molecular formula is C13H18BrN3O4. The molecule has 0 aliphatic carbocycles. The van der Waals surface area contributed by atoms with Gasteiger partial charge < -0.3 is 14.2 Å². The number of nitro groups is 1. The zero-order valence-electron chi connectivity index (χ0n) is 12.2. The lowest BCUT2D eigenvalue weighted by molar-refractivity contribution is -0.384. The average Bonchev–Trinajstić information content (AvgIpc) is 2.78. The first-order valence-electron chi connectivity index (χ1n) is 6.57. The molecule has 1 saturated heterocycles. The summed E-state index contributed by atoms with van der Waals surface area (Å²) in [6, 6.07) is 1.31. The van der Waals surface area contributed by atoms with Crippen LogP contribution >= 0.6 is 15.9 Å². The van der Waals surface area contributed by atoms with E-state index in [0.29, 0.717) is 24.1 Å². The number of amides is 1. The lowest BCUT2D eigenvalue weighted by Crippen LogP contribution is -2.55. The van der Waals surface area contributed by atoms with Crippen molar-refractivity contribution in [2.75, 3.05) is 18.4 Å². The van der Waals surface area contributed by atoms with Crippen molar-refractivity contribution >= 4 is 27.5 Å². The van der Waals surface area contributed by atoms with Gasteiger partial charge in [0.05, 0.1) is 22.8 Å². The Hall–Kier alpha value is -1.41. The van der Waals surface area contributed by atoms with Crippen molar-refractivity contribution in [2.45, 2.75) is 25.6 Å². The van der Waals surface area contributed by atoms with Crippen molar-refractivity contribution in [3.63, 3.8) is 0 Å². The molecule has 1 aliphatic rings. The van der Waals surface area contributed by atoms with E-state index in [0.717, 1.165) is 0 Å². The summed E-state index contributed by atoms with van der Waals surface area (Å²) in [7, 11) is 1.63. The standard InChI is InChI=1S/C13H18BrN3O4/c1-13(2)8-16(7-10(5-14)21-13)12(18)11-4-9(17(19)20)6-15(11)3/h4,6,10H,5,7-8H2,1-3H3. The van der Waals surface area contributed by atoms with E-state index in [-0.39, 0.29) is 17.7 Å². The third kappa shape index (κ3) is 3.44. The molecule has 0 bridgehead atoms. The monoisotopic (exact) mass is 359 g/mol. The molecule has 1 aliphatic heterocycles. The molecule has 1 aromatic rings. The molecule has 1 aromatic heterocycles. The number of aromatic nitrogens is 1. The largest absolute Gasteiger partial charge is 0.368 e. The topological polar surface area (TPSA) is 77.6 Å². The van der Waals surface area contributed by atoms with Gasteiger partial charge in [-0.1, -0.05) is 15.9 Å². The minimum atomic E-state index is -0.499. The van der Waals surface area contributed by atoms with Crippen LogP contribution in [0.4, 0.5) is 5.69 Å². The fraction of sp³-hybridized carbons (Fsp3) is 0.615. The number of morpholine rings is 1. The van der Waals surface area contributed by atoms with Crippen LogP contribution in [0.2, 0.25) is 0 Å². The molecule has 0 spiro atoms. The number of ether oxygens (including phenoxy) is 1. The summed E-state index contributed by atoms with van der Waals surface area (Å²) < 4.78 is 7.35. The second kappa shape index (κ2) is 5.76. The quantitative estimate of drug-likeness (QED) is 0.469. The van der Waals surface area contributed by atoms with Crippen molar-refractivity contribution in [1.82, 2.24) is 9.47 Å². The maximum absolute atomic E-state index is 12.6. The van der Waals surface area contributed by atoms with E-state index >= 15 is 0 Å². The molecule has 0 radical (unpaired) electrons. The van der Waals surface area contributed by atoms with Crippen LogP contribution in [0, 0.1) is 10.1 Å². The van der Waals surface area contributed by atoms with Crippen molar-refractivity contribution < 1.29 is 14.5 Å². The number of rotatable bonds is 3. The predicted octanol–water partition coefficient (Wildman–Crippen LogP) is 1.95. The predicted molar refractivity (Wildman–Crippen MR) is 80.7 cm³/mol. The number of carbonyl (C=O) groups excluding carboxylic acids is 1. The lowest BCUT2D eigenvalue weighted by atomic mass is 10.1. The van der Waals surface area contributed by atoms with Gasteiger partial charge in [-0.05, 0) is 13.8 Å². The number of carbonyl (C=O) groups is 1. The van der Waals surface area contributed by atoms with Crippen LogP contribution in [0.3, 0.4) is 0 Å². The van der Waals surface area contributed by atoms with E-state index in [1.807, 2.05) is 13.8 Å². The second-order valence-corrected chi connectivity index (χ2v) is 6.44. The molecule has 1 unspecified atom stereocenters. The third-order valence-electron chi connectivity index (χ3n) is 3.36. The molecule has 0 N–H and O–H groups in total. The molecule has 0 saturated carbocycles. The summed E-state index contributed by atoms with van der Waals surface area (Å²) in [6.45, 7) is 4.77. The molecular weight excluding hydrogens is 342 g/mol. The van der Waals surface area contributed by atoms with Crippen LogP contribution in [-0.2, 0) is 11.8 Å². The van der Waals surface area contributed by atoms with Gasteiger partial charge in [-0.25, -0.2) is 0 Å². The van der Waals surface area contributed by atoms with Gasteiger partial charge in [0, 0.05) is 31.5 Å². The Morgan fingerprint density at radius 2 is 2.29 bits per heavy atom. The number of nitrogens with zero attached hydrogens (tertiary/aromatic N) is 3. The third-order valence-corrected chi connectivity index (χ3v) is 4.08. The van der Waals surface area contributed by atoms with Gasteiger partial charge in [-0.2, -0.15) is 0 Å². The number of alkyl halides is 1. The molecule has 1 fully saturated rings. The van der Waals surface area contributed by atoms with Crippen LogP contribution in [0.5, 0.6) is 0 Å². The minimum Gasteiger partial charge on any atom is -0.368 e. The van der Waals surface area contributed by atoms with E-state index in [9.17, 15) is 14.9 Å². The van der Waals surface area contributed by atoms with Crippen LogP contribution in [0.1, 0.15) is 24.3 Å². The van der Waals surface area contributed by atoms with Gasteiger partial charge in [0.25, 0.3) is 11.6 Å². The average molecular weight is 360 g/mol. The van der Waals surface area contributed by atoms with Gasteiger partial charge in [-0.15, -0.1) is 0 Å². The summed E-state index contributed by atoms with van der Waals surface area (Å²) in [4.78, 5) is 24.6. The summed E-state index contributed by atoms with van der Waals surface area (Å²) in [5.74, 6) is -0.215. The van der Waals surface area contributed by atoms with Crippen LogP contribution < -0.4 is 0 Å². The number of aryl methyl sites for hydroxylation is 1. The Morgan fingerprint density at radius 1 is 1.62 bits per heavy atom. The number of hydrogen-bond acceptors (Lipinski definition) is 4. The highest BCUT2D eigenvalue weighted by Crippen LogP contribution is 2.24. The fourth-order valence-electron chi connectivity index (χ4n) is 2.55. The molecule has 7 nitrogen and oxygen atoms in total. The van der Waals surface area contributed by atoms with Crippen LogP contribution in [0.15, 0.2) is 12.3 Å². The van der Waals surface area contributed by atoms with E-state index in [1.165, 1.54) is 16.8 Å². The van der Waals surface area contributed by atoms with Gasteiger partial charge in [0.15, 0.2) is 0 Å². The Bertz CT molecular complexity index is 570. The van der Waals surface area contributed by atoms with Crippen molar-refractivity contribution in [1.29, 1.82) is 0 Å². The molecule has 8 heteroatoms. The van der Waals surface area contributed by atoms with Crippen LogP contribution in [-0.4, -0.2) is 50.4 Å². The lowest BCUT2D eigenvalue weighted by Gasteiger charge is -2.42. The van der Waals surface area contributed by atoms with Gasteiger partial charge in [0.2, 0.25) is 0 Å². The minimum absolute atomic E-state index is 0.0783. The van der Waals surface area contributed by atoms with Crippen molar-refractivity contribution in [3.05, 3.63) is 28.1 Å².